The molecule has 0 saturated heterocycles. The summed E-state index contributed by atoms with van der Waals surface area (Å²) < 4.78 is 0. The maximum atomic E-state index is 4.50. The molecule has 0 spiro atoms. The van der Waals surface area contributed by atoms with Crippen molar-refractivity contribution in [3.8, 4) is 0 Å². The van der Waals surface area contributed by atoms with Gasteiger partial charge >= 0.3 is 0 Å². The zero-order valence-electron chi connectivity index (χ0n) is 6.57. The highest BCUT2D eigenvalue weighted by Gasteiger charge is 2.17. The van der Waals surface area contributed by atoms with Gasteiger partial charge in [-0.2, -0.15) is 0 Å². The Labute approximate surface area is 66.8 Å². The molecular weight excluding hydrogens is 134 g/mol. The van der Waals surface area contributed by atoms with Crippen molar-refractivity contribution in [3.63, 3.8) is 0 Å². The molecule has 0 fully saturated rings. The smallest absolute Gasteiger partial charge is 0.0783 e. The van der Waals surface area contributed by atoms with Crippen LogP contribution in [0.1, 0.15) is 6.92 Å². The summed E-state index contributed by atoms with van der Waals surface area (Å²) in [5.41, 5.74) is 1.13. The molecule has 0 amide bonds. The van der Waals surface area contributed by atoms with E-state index in [2.05, 4.69) is 41.4 Å². The minimum atomic E-state index is 0.366. The van der Waals surface area contributed by atoms with E-state index in [1.807, 2.05) is 6.92 Å². The normalized spacial score (nSPS) is 33.4. The Bertz CT molecular complexity index is 269. The monoisotopic (exact) mass is 145 g/mol. The van der Waals surface area contributed by atoms with Crippen molar-refractivity contribution in [3.05, 3.63) is 36.5 Å². The van der Waals surface area contributed by atoms with Gasteiger partial charge < -0.3 is 0 Å². The van der Waals surface area contributed by atoms with E-state index < -0.39 is 0 Å². The second kappa shape index (κ2) is 2.50. The van der Waals surface area contributed by atoms with Gasteiger partial charge in [0, 0.05) is 11.6 Å². The van der Waals surface area contributed by atoms with Crippen molar-refractivity contribution in [2.75, 3.05) is 0 Å². The topological polar surface area (TPSA) is 12.4 Å². The summed E-state index contributed by atoms with van der Waals surface area (Å²) in [6.45, 7) is 2.04. The largest absolute Gasteiger partial charge is 0.282 e. The summed E-state index contributed by atoms with van der Waals surface area (Å²) >= 11 is 0. The molecule has 11 heavy (non-hydrogen) atoms. The molecule has 1 aliphatic heterocycles. The zero-order chi connectivity index (χ0) is 7.68. The van der Waals surface area contributed by atoms with Crippen LogP contribution in [0.15, 0.2) is 41.4 Å². The number of nitrogens with zero attached hydrogens (tertiary/aromatic N) is 1. The minimum absolute atomic E-state index is 0.366. The third kappa shape index (κ3) is 1.18. The molecular formula is C10H11N. The van der Waals surface area contributed by atoms with Gasteiger partial charge in [0.15, 0.2) is 0 Å². The lowest BCUT2D eigenvalue weighted by atomic mass is 9.93. The van der Waals surface area contributed by atoms with E-state index >= 15 is 0 Å². The zero-order valence-corrected chi connectivity index (χ0v) is 6.57. The molecule has 0 aromatic rings. The Morgan fingerprint density at radius 3 is 2.91 bits per heavy atom. The number of aliphatic imine (C=N–C) groups is 1. The van der Waals surface area contributed by atoms with Crippen LogP contribution in [0.5, 0.6) is 0 Å². The second-order valence-corrected chi connectivity index (χ2v) is 2.97. The van der Waals surface area contributed by atoms with Gasteiger partial charge in [-0.25, -0.2) is 0 Å². The Hall–Kier alpha value is -1.11. The molecule has 0 aromatic heterocycles. The van der Waals surface area contributed by atoms with E-state index in [0.717, 1.165) is 5.71 Å². The Balaban J connectivity index is 2.29. The van der Waals surface area contributed by atoms with Crippen molar-refractivity contribution >= 4 is 5.71 Å². The highest BCUT2D eigenvalue weighted by molar-refractivity contribution is 5.93. The van der Waals surface area contributed by atoms with Crippen LogP contribution in [0.2, 0.25) is 0 Å². The fourth-order valence-corrected chi connectivity index (χ4v) is 1.45. The predicted octanol–water partition coefficient (Wildman–Crippen LogP) is 2.13. The maximum absolute atomic E-state index is 4.50. The molecule has 1 nitrogen and oxygen atoms in total. The lowest BCUT2D eigenvalue weighted by molar-refractivity contribution is 0.679. The molecule has 1 heteroatoms. The predicted molar refractivity (Wildman–Crippen MR) is 47.8 cm³/mol. The average Bonchev–Trinajstić information content (AvgIpc) is 2.04. The quantitative estimate of drug-likeness (QED) is 0.495. The van der Waals surface area contributed by atoms with Crippen molar-refractivity contribution in [2.45, 2.75) is 13.0 Å². The van der Waals surface area contributed by atoms with E-state index in [1.54, 1.807) is 0 Å². The van der Waals surface area contributed by atoms with Crippen LogP contribution in [0.25, 0.3) is 0 Å². The van der Waals surface area contributed by atoms with Crippen molar-refractivity contribution in [1.29, 1.82) is 0 Å². The number of hydrogen-bond donors (Lipinski definition) is 0. The summed E-state index contributed by atoms with van der Waals surface area (Å²) in [6, 6.07) is 0.366. The van der Waals surface area contributed by atoms with Crippen molar-refractivity contribution < 1.29 is 0 Å². The number of dihydropyridines is 1. The summed E-state index contributed by atoms with van der Waals surface area (Å²) in [4.78, 5) is 4.50. The van der Waals surface area contributed by atoms with Gasteiger partial charge in [-0.05, 0) is 13.0 Å². The number of allylic oxidation sites excluding steroid dienone is 3. The van der Waals surface area contributed by atoms with E-state index in [-0.39, 0.29) is 0 Å². The maximum Gasteiger partial charge on any atom is 0.0783 e. The fraction of sp³-hybridized carbons (Fsp3) is 0.300. The SMILES string of the molecule is CC1=NC2C=CC=CC2C=C1. The van der Waals surface area contributed by atoms with Gasteiger partial charge in [-0.1, -0.05) is 30.4 Å². The van der Waals surface area contributed by atoms with Gasteiger partial charge in [0.1, 0.15) is 0 Å². The number of hydrogen-bond acceptors (Lipinski definition) is 1. The second-order valence-electron chi connectivity index (χ2n) is 2.97. The van der Waals surface area contributed by atoms with Crippen LogP contribution in [0.3, 0.4) is 0 Å². The minimum Gasteiger partial charge on any atom is -0.282 e. The molecule has 2 atom stereocenters. The fourth-order valence-electron chi connectivity index (χ4n) is 1.45. The third-order valence-electron chi connectivity index (χ3n) is 2.06. The summed E-state index contributed by atoms with van der Waals surface area (Å²) in [6.07, 6.45) is 12.8. The number of fused-ring (bicyclic) bond motifs is 1. The molecule has 0 saturated carbocycles. The summed E-state index contributed by atoms with van der Waals surface area (Å²) in [5.74, 6) is 0.503. The van der Waals surface area contributed by atoms with Crippen LogP contribution in [0, 0.1) is 5.92 Å². The standard InChI is InChI=1S/C10H11N/c1-8-6-7-9-4-2-3-5-10(9)11-8/h2-7,9-10H,1H3. The first-order valence-corrected chi connectivity index (χ1v) is 3.94. The Kier molecular flexibility index (Phi) is 1.50. The van der Waals surface area contributed by atoms with Gasteiger partial charge in [-0.3, -0.25) is 4.99 Å². The lowest BCUT2D eigenvalue weighted by Crippen LogP contribution is -2.18. The molecule has 56 valence electrons. The molecule has 2 unspecified atom stereocenters. The molecule has 0 radical (unpaired) electrons. The molecule has 0 N–H and O–H groups in total. The molecule has 1 heterocycles. The average molecular weight is 145 g/mol. The van der Waals surface area contributed by atoms with Crippen LogP contribution >= 0.6 is 0 Å². The first kappa shape index (κ1) is 6.59. The molecule has 0 aromatic carbocycles. The first-order chi connectivity index (χ1) is 5.36. The number of rotatable bonds is 0. The molecule has 2 aliphatic rings. The summed E-state index contributed by atoms with van der Waals surface area (Å²) in [7, 11) is 0. The Morgan fingerprint density at radius 1 is 1.18 bits per heavy atom. The molecule has 0 bridgehead atoms. The highest BCUT2D eigenvalue weighted by Crippen LogP contribution is 2.20. The van der Waals surface area contributed by atoms with Crippen LogP contribution in [-0.2, 0) is 0 Å². The van der Waals surface area contributed by atoms with Gasteiger partial charge in [0.2, 0.25) is 0 Å². The molecule has 2 rings (SSSR count). The van der Waals surface area contributed by atoms with Gasteiger partial charge in [-0.15, -0.1) is 0 Å². The van der Waals surface area contributed by atoms with E-state index in [4.69, 9.17) is 0 Å². The highest BCUT2D eigenvalue weighted by atomic mass is 14.8. The third-order valence-corrected chi connectivity index (χ3v) is 2.06. The molecule has 1 aliphatic carbocycles. The van der Waals surface area contributed by atoms with E-state index in [9.17, 15) is 0 Å². The van der Waals surface area contributed by atoms with Crippen LogP contribution in [-0.4, -0.2) is 11.8 Å². The first-order valence-electron chi connectivity index (χ1n) is 3.94. The Morgan fingerprint density at radius 2 is 2.00 bits per heavy atom. The van der Waals surface area contributed by atoms with Crippen molar-refractivity contribution in [2.24, 2.45) is 10.9 Å². The van der Waals surface area contributed by atoms with Crippen molar-refractivity contribution in [1.82, 2.24) is 0 Å². The summed E-state index contributed by atoms with van der Waals surface area (Å²) in [5, 5.41) is 0. The van der Waals surface area contributed by atoms with Gasteiger partial charge in [0.25, 0.3) is 0 Å². The van der Waals surface area contributed by atoms with Gasteiger partial charge in [0.05, 0.1) is 6.04 Å². The van der Waals surface area contributed by atoms with Crippen LogP contribution < -0.4 is 0 Å². The van der Waals surface area contributed by atoms with E-state index in [1.165, 1.54) is 0 Å². The van der Waals surface area contributed by atoms with E-state index in [0.29, 0.717) is 12.0 Å². The van der Waals surface area contributed by atoms with Crippen LogP contribution in [0.4, 0.5) is 0 Å². The lowest BCUT2D eigenvalue weighted by Gasteiger charge is -2.20.